The molecule has 0 fully saturated rings. The lowest BCUT2D eigenvalue weighted by molar-refractivity contribution is -0.124. The van der Waals surface area contributed by atoms with Gasteiger partial charge >= 0.3 is 0 Å². The Kier molecular flexibility index (Phi) is 5.50. The fraction of sp³-hybridized carbons (Fsp3) is 0.462. The molecule has 5 nitrogen and oxygen atoms in total. The predicted octanol–water partition coefficient (Wildman–Crippen LogP) is 0.578. The molecule has 0 aliphatic carbocycles. The van der Waals surface area contributed by atoms with Crippen molar-refractivity contribution in [3.8, 4) is 0 Å². The molecule has 0 aliphatic heterocycles. The van der Waals surface area contributed by atoms with Crippen LogP contribution < -0.4 is 10.5 Å². The Bertz CT molecular complexity index is 523. The van der Waals surface area contributed by atoms with Crippen molar-refractivity contribution in [3.63, 3.8) is 0 Å². The molecule has 1 amide bonds. The Labute approximate surface area is 114 Å². The molecular formula is C13H20N2O3S. The number of nitrogens with two attached hydrogens (primary N) is 1. The lowest BCUT2D eigenvalue weighted by Gasteiger charge is -2.12. The van der Waals surface area contributed by atoms with Crippen molar-refractivity contribution >= 4 is 15.9 Å². The summed E-state index contributed by atoms with van der Waals surface area (Å²) >= 11 is 0. The topological polar surface area (TPSA) is 89.3 Å². The zero-order chi connectivity index (χ0) is 14.5. The number of rotatable bonds is 6. The summed E-state index contributed by atoms with van der Waals surface area (Å²) in [5.74, 6) is -0.608. The van der Waals surface area contributed by atoms with Crippen LogP contribution in [0, 0.1) is 12.8 Å². The quantitative estimate of drug-likeness (QED) is 0.800. The highest BCUT2D eigenvalue weighted by molar-refractivity contribution is 7.89. The van der Waals surface area contributed by atoms with Gasteiger partial charge in [0.15, 0.2) is 0 Å². The van der Waals surface area contributed by atoms with Gasteiger partial charge in [-0.1, -0.05) is 36.8 Å². The number of hydrogen-bond donors (Lipinski definition) is 2. The van der Waals surface area contributed by atoms with E-state index in [2.05, 4.69) is 5.32 Å². The number of amides is 1. The average Bonchev–Trinajstić information content (AvgIpc) is 2.30. The van der Waals surface area contributed by atoms with Crippen molar-refractivity contribution < 1.29 is 13.2 Å². The number of hydrogen-bond acceptors (Lipinski definition) is 3. The number of sulfonamides is 1. The number of nitrogens with one attached hydrogen (secondary N) is 1. The van der Waals surface area contributed by atoms with E-state index in [1.165, 1.54) is 5.56 Å². The minimum Gasteiger partial charge on any atom is -0.355 e. The molecule has 0 heterocycles. The third-order valence-corrected chi connectivity index (χ3v) is 3.57. The molecule has 1 rings (SSSR count). The van der Waals surface area contributed by atoms with Crippen molar-refractivity contribution in [1.29, 1.82) is 0 Å². The summed E-state index contributed by atoms with van der Waals surface area (Å²) in [6, 6.07) is 7.98. The van der Waals surface area contributed by atoms with Crippen LogP contribution in [0.25, 0.3) is 0 Å². The van der Waals surface area contributed by atoms with Crippen LogP contribution in [0.15, 0.2) is 24.3 Å². The largest absolute Gasteiger partial charge is 0.355 e. The zero-order valence-electron chi connectivity index (χ0n) is 11.2. The fourth-order valence-corrected chi connectivity index (χ4v) is 2.05. The van der Waals surface area contributed by atoms with Crippen molar-refractivity contribution in [2.24, 2.45) is 11.1 Å². The van der Waals surface area contributed by atoms with Crippen molar-refractivity contribution in [2.45, 2.75) is 20.3 Å². The first kappa shape index (κ1) is 15.7. The van der Waals surface area contributed by atoms with E-state index in [0.29, 0.717) is 6.42 Å². The van der Waals surface area contributed by atoms with Crippen molar-refractivity contribution in [2.75, 3.05) is 12.3 Å². The second-order valence-corrected chi connectivity index (χ2v) is 6.48. The average molecular weight is 284 g/mol. The van der Waals surface area contributed by atoms with E-state index in [0.717, 1.165) is 5.56 Å². The summed E-state index contributed by atoms with van der Waals surface area (Å²) in [7, 11) is -3.52. The SMILES string of the molecule is Cc1ccc(CC(C)C(=O)NCCS(N)(=O)=O)cc1. The molecule has 3 N–H and O–H groups in total. The van der Waals surface area contributed by atoms with Crippen LogP contribution in [-0.2, 0) is 21.2 Å². The molecule has 0 bridgehead atoms. The highest BCUT2D eigenvalue weighted by atomic mass is 32.2. The third-order valence-electron chi connectivity index (χ3n) is 2.80. The van der Waals surface area contributed by atoms with Gasteiger partial charge in [-0.05, 0) is 18.9 Å². The Hall–Kier alpha value is -1.40. The third kappa shape index (κ3) is 6.35. The van der Waals surface area contributed by atoms with Gasteiger partial charge < -0.3 is 5.32 Å². The highest BCUT2D eigenvalue weighted by Crippen LogP contribution is 2.09. The van der Waals surface area contributed by atoms with E-state index in [4.69, 9.17) is 5.14 Å². The molecule has 0 aromatic heterocycles. The summed E-state index contributed by atoms with van der Waals surface area (Å²) < 4.78 is 21.5. The van der Waals surface area contributed by atoms with Crippen LogP contribution in [-0.4, -0.2) is 26.6 Å². The molecule has 0 spiro atoms. The summed E-state index contributed by atoms with van der Waals surface area (Å²) in [6.07, 6.45) is 0.626. The number of aryl methyl sites for hydroxylation is 1. The van der Waals surface area contributed by atoms with Gasteiger partial charge in [0.1, 0.15) is 0 Å². The second-order valence-electron chi connectivity index (χ2n) is 4.75. The molecule has 0 aliphatic rings. The first-order valence-electron chi connectivity index (χ1n) is 6.11. The molecule has 1 aromatic rings. The first-order chi connectivity index (χ1) is 8.78. The van der Waals surface area contributed by atoms with Gasteiger partial charge in [0.2, 0.25) is 15.9 Å². The molecule has 0 saturated heterocycles. The predicted molar refractivity (Wildman–Crippen MR) is 75.0 cm³/mol. The molecule has 1 aromatic carbocycles. The van der Waals surface area contributed by atoms with Gasteiger partial charge in [-0.25, -0.2) is 13.6 Å². The van der Waals surface area contributed by atoms with Gasteiger partial charge in [-0.3, -0.25) is 4.79 Å². The van der Waals surface area contributed by atoms with E-state index in [1.807, 2.05) is 38.1 Å². The van der Waals surface area contributed by atoms with E-state index >= 15 is 0 Å². The van der Waals surface area contributed by atoms with Gasteiger partial charge in [-0.15, -0.1) is 0 Å². The van der Waals surface area contributed by atoms with E-state index < -0.39 is 10.0 Å². The molecule has 0 saturated carbocycles. The molecule has 6 heteroatoms. The maximum absolute atomic E-state index is 11.8. The molecule has 106 valence electrons. The maximum atomic E-state index is 11.8. The lowest BCUT2D eigenvalue weighted by Crippen LogP contribution is -2.35. The Balaban J connectivity index is 2.42. The minimum atomic E-state index is -3.52. The smallest absolute Gasteiger partial charge is 0.223 e. The van der Waals surface area contributed by atoms with Gasteiger partial charge in [0, 0.05) is 12.5 Å². The van der Waals surface area contributed by atoms with Gasteiger partial charge in [-0.2, -0.15) is 0 Å². The molecular weight excluding hydrogens is 264 g/mol. The second kappa shape index (κ2) is 6.68. The minimum absolute atomic E-state index is 0.0515. The van der Waals surface area contributed by atoms with Crippen LogP contribution in [0.1, 0.15) is 18.1 Å². The number of primary sulfonamides is 1. The van der Waals surface area contributed by atoms with Crippen LogP contribution >= 0.6 is 0 Å². The Morgan fingerprint density at radius 1 is 1.32 bits per heavy atom. The van der Waals surface area contributed by atoms with Crippen LogP contribution in [0.3, 0.4) is 0 Å². The van der Waals surface area contributed by atoms with Gasteiger partial charge in [0.25, 0.3) is 0 Å². The van der Waals surface area contributed by atoms with Gasteiger partial charge in [0.05, 0.1) is 5.75 Å². The first-order valence-corrected chi connectivity index (χ1v) is 7.83. The fourth-order valence-electron chi connectivity index (χ4n) is 1.66. The van der Waals surface area contributed by atoms with Crippen molar-refractivity contribution in [3.05, 3.63) is 35.4 Å². The number of carbonyl (C=O) groups is 1. The van der Waals surface area contributed by atoms with Crippen LogP contribution in [0.5, 0.6) is 0 Å². The maximum Gasteiger partial charge on any atom is 0.223 e. The highest BCUT2D eigenvalue weighted by Gasteiger charge is 2.13. The Morgan fingerprint density at radius 2 is 1.89 bits per heavy atom. The summed E-state index contributed by atoms with van der Waals surface area (Å²) in [4.78, 5) is 11.8. The zero-order valence-corrected chi connectivity index (χ0v) is 12.0. The number of benzene rings is 1. The summed E-state index contributed by atoms with van der Waals surface area (Å²) in [5.41, 5.74) is 2.26. The summed E-state index contributed by atoms with van der Waals surface area (Å²) in [6.45, 7) is 3.87. The van der Waals surface area contributed by atoms with Crippen molar-refractivity contribution in [1.82, 2.24) is 5.32 Å². The molecule has 1 unspecified atom stereocenters. The van der Waals surface area contributed by atoms with Crippen LogP contribution in [0.4, 0.5) is 0 Å². The molecule has 1 atom stereocenters. The Morgan fingerprint density at radius 3 is 2.42 bits per heavy atom. The monoisotopic (exact) mass is 284 g/mol. The summed E-state index contributed by atoms with van der Waals surface area (Å²) in [5, 5.41) is 7.43. The normalized spacial score (nSPS) is 13.0. The lowest BCUT2D eigenvalue weighted by atomic mass is 9.99. The molecule has 19 heavy (non-hydrogen) atoms. The van der Waals surface area contributed by atoms with E-state index in [-0.39, 0.29) is 24.1 Å². The van der Waals surface area contributed by atoms with Crippen LogP contribution in [0.2, 0.25) is 0 Å². The van der Waals surface area contributed by atoms with E-state index in [1.54, 1.807) is 0 Å². The number of carbonyl (C=O) groups excluding carboxylic acids is 1. The molecule has 0 radical (unpaired) electrons. The van der Waals surface area contributed by atoms with E-state index in [9.17, 15) is 13.2 Å². The standard InChI is InChI=1S/C13H20N2O3S/c1-10-3-5-12(6-4-10)9-11(2)13(16)15-7-8-19(14,17)18/h3-6,11H,7-9H2,1-2H3,(H,15,16)(H2,14,17,18).